The van der Waals surface area contributed by atoms with Crippen LogP contribution in [0.15, 0.2) is 90.5 Å². The summed E-state index contributed by atoms with van der Waals surface area (Å²) >= 11 is 0. The first-order chi connectivity index (χ1) is 21.3. The third-order valence-electron chi connectivity index (χ3n) is 5.33. The number of H-pyrrole nitrogens is 1. The molecule has 0 spiro atoms. The summed E-state index contributed by atoms with van der Waals surface area (Å²) in [4.78, 5) is 52.0. The number of carbonyl (C=O) groups is 2. The van der Waals surface area contributed by atoms with Crippen LogP contribution >= 0.6 is 0 Å². The summed E-state index contributed by atoms with van der Waals surface area (Å²) in [5, 5.41) is 19.6. The van der Waals surface area contributed by atoms with Crippen LogP contribution in [0.2, 0.25) is 0 Å². The maximum Gasteiger partial charge on any atom is 1.00 e. The van der Waals surface area contributed by atoms with E-state index in [0.717, 1.165) is 5.56 Å². The van der Waals surface area contributed by atoms with Crippen LogP contribution in [0, 0.1) is 0 Å². The Kier molecular flexibility index (Phi) is 18.0. The summed E-state index contributed by atoms with van der Waals surface area (Å²) in [6.45, 7) is 3.79. The predicted molar refractivity (Wildman–Crippen MR) is 162 cm³/mol. The van der Waals surface area contributed by atoms with Crippen molar-refractivity contribution in [3.05, 3.63) is 107 Å². The molecule has 0 atom stereocenters. The molecule has 0 aromatic carbocycles. The van der Waals surface area contributed by atoms with Gasteiger partial charge in [0, 0.05) is 42.7 Å². The molecule has 0 unspecified atom stereocenters. The first-order valence-corrected chi connectivity index (χ1v) is 13.3. The molecule has 13 nitrogen and oxygen atoms in total. The number of esters is 2. The molecule has 0 aliphatic carbocycles. The number of aromatic amines is 1. The van der Waals surface area contributed by atoms with Gasteiger partial charge in [-0.15, -0.1) is 6.61 Å². The van der Waals surface area contributed by atoms with Crippen LogP contribution in [0.5, 0.6) is 5.75 Å². The van der Waals surface area contributed by atoms with E-state index in [1.807, 2.05) is 6.07 Å². The predicted octanol–water partition coefficient (Wildman–Crippen LogP) is -0.301. The van der Waals surface area contributed by atoms with Crippen molar-refractivity contribution in [3.63, 3.8) is 0 Å². The Hall–Kier alpha value is -4.69. The molecule has 0 fully saturated rings. The SMILES string of the molecule is CCOC(=O)Cc1cccnc1.CC[O-].COC(=O)c1cccnc1N.O=c1[nH]c2ncccc2c(O)c1-c1cccnc1.[Na+]. The summed E-state index contributed by atoms with van der Waals surface area (Å²) in [5.41, 5.74) is 7.34. The molecule has 0 saturated heterocycles. The first-order valence-electron chi connectivity index (χ1n) is 13.3. The Morgan fingerprint density at radius 2 is 1.58 bits per heavy atom. The molecule has 5 rings (SSSR count). The minimum Gasteiger partial charge on any atom is -0.855 e. The van der Waals surface area contributed by atoms with Crippen molar-refractivity contribution in [1.29, 1.82) is 0 Å². The Morgan fingerprint density at radius 1 is 0.956 bits per heavy atom. The molecule has 230 valence electrons. The fourth-order valence-corrected chi connectivity index (χ4v) is 3.47. The van der Waals surface area contributed by atoms with E-state index in [1.54, 1.807) is 81.1 Å². The number of rotatable bonds is 5. The number of ether oxygens (including phenoxy) is 2. The van der Waals surface area contributed by atoms with Gasteiger partial charge in [-0.25, -0.2) is 14.8 Å². The van der Waals surface area contributed by atoms with E-state index >= 15 is 0 Å². The standard InChI is InChI=1S/C13H9N3O2.C9H11NO2.C7H8N2O2.C2H5O.Na/c17-11-9-4-2-6-15-12(9)16-13(18)10(11)8-3-1-5-14-7-8;1-2-12-9(11)6-8-4-3-5-10-7-8;1-11-7(10)5-3-2-4-9-6(5)8;1-2-3;/h1-7H,(H2,15,16,17,18);3-5,7H,2,6H2,1H3;2-4H,1H3,(H2,8,9);2H2,1H3;/q;;;-1;+1. The number of hydrogen-bond acceptors (Lipinski definition) is 12. The molecular weight excluding hydrogens is 591 g/mol. The van der Waals surface area contributed by atoms with Gasteiger partial charge in [0.25, 0.3) is 5.56 Å². The van der Waals surface area contributed by atoms with Gasteiger partial charge in [-0.3, -0.25) is 19.6 Å². The van der Waals surface area contributed by atoms with Crippen molar-refractivity contribution in [1.82, 2.24) is 24.9 Å². The number of anilines is 1. The quantitative estimate of drug-likeness (QED) is 0.170. The second-order valence-corrected chi connectivity index (χ2v) is 8.38. The zero-order chi connectivity index (χ0) is 32.3. The molecule has 5 aromatic heterocycles. The van der Waals surface area contributed by atoms with Gasteiger partial charge in [0.1, 0.15) is 22.8 Å². The Labute approximate surface area is 281 Å². The summed E-state index contributed by atoms with van der Waals surface area (Å²) < 4.78 is 9.24. The summed E-state index contributed by atoms with van der Waals surface area (Å²) in [6.07, 6.45) is 9.86. The molecule has 0 bridgehead atoms. The van der Waals surface area contributed by atoms with E-state index < -0.39 is 5.97 Å². The van der Waals surface area contributed by atoms with Crippen LogP contribution in [0.25, 0.3) is 22.2 Å². The van der Waals surface area contributed by atoms with Gasteiger partial charge in [0.05, 0.1) is 31.1 Å². The average Bonchev–Trinajstić information content (AvgIpc) is 3.03. The number of nitrogens with one attached hydrogen (secondary N) is 1. The number of carbonyl (C=O) groups excluding carboxylic acids is 2. The average molecular weight is 625 g/mol. The van der Waals surface area contributed by atoms with E-state index in [-0.39, 0.29) is 64.8 Å². The van der Waals surface area contributed by atoms with E-state index in [4.69, 9.17) is 15.6 Å². The monoisotopic (exact) mass is 624 g/mol. The van der Waals surface area contributed by atoms with Crippen molar-refractivity contribution in [3.8, 4) is 16.9 Å². The largest absolute Gasteiger partial charge is 1.00 e. The van der Waals surface area contributed by atoms with Crippen LogP contribution in [0.3, 0.4) is 0 Å². The van der Waals surface area contributed by atoms with E-state index in [1.165, 1.54) is 19.5 Å². The molecule has 0 amide bonds. The number of aromatic hydroxyl groups is 1. The van der Waals surface area contributed by atoms with E-state index in [0.29, 0.717) is 35.2 Å². The van der Waals surface area contributed by atoms with Gasteiger partial charge in [-0.1, -0.05) is 19.1 Å². The molecule has 0 aliphatic heterocycles. The molecule has 0 aliphatic rings. The number of methoxy groups -OCH3 is 1. The molecule has 5 aromatic rings. The Balaban J connectivity index is 0.000000332. The number of nitrogen functional groups attached to an aromatic ring is 1. The zero-order valence-electron chi connectivity index (χ0n) is 25.5. The van der Waals surface area contributed by atoms with Crippen LogP contribution in [-0.4, -0.2) is 62.3 Å². The summed E-state index contributed by atoms with van der Waals surface area (Å²) in [7, 11) is 1.30. The normalized spacial score (nSPS) is 9.42. The maximum atomic E-state index is 12.0. The Morgan fingerprint density at radius 3 is 2.16 bits per heavy atom. The number of nitrogens with zero attached hydrogens (tertiary/aromatic N) is 4. The second-order valence-electron chi connectivity index (χ2n) is 8.38. The van der Waals surface area contributed by atoms with Crippen LogP contribution in [0.1, 0.15) is 29.8 Å². The van der Waals surface area contributed by atoms with Gasteiger partial charge in [0.15, 0.2) is 0 Å². The minimum atomic E-state index is -0.462. The number of nitrogens with two attached hydrogens (primary N) is 1. The third-order valence-corrected chi connectivity index (χ3v) is 5.33. The molecule has 14 heteroatoms. The van der Waals surface area contributed by atoms with Crippen LogP contribution in [0.4, 0.5) is 5.82 Å². The molecule has 0 radical (unpaired) electrons. The number of hydrogen-bond donors (Lipinski definition) is 3. The smallest absolute Gasteiger partial charge is 0.855 e. The maximum absolute atomic E-state index is 12.0. The molecule has 5 heterocycles. The summed E-state index contributed by atoms with van der Waals surface area (Å²) in [6, 6.07) is 13.7. The van der Waals surface area contributed by atoms with Crippen LogP contribution < -0.4 is 46.0 Å². The zero-order valence-corrected chi connectivity index (χ0v) is 27.5. The summed E-state index contributed by atoms with van der Waals surface area (Å²) in [5.74, 6) is -0.546. The second kappa shape index (κ2) is 21.1. The fraction of sp³-hybridized carbons (Fsp3) is 0.194. The third kappa shape index (κ3) is 12.4. The van der Waals surface area contributed by atoms with Gasteiger partial charge < -0.3 is 30.4 Å². The molecule has 45 heavy (non-hydrogen) atoms. The van der Waals surface area contributed by atoms with Gasteiger partial charge in [-0.05, 0) is 48.9 Å². The van der Waals surface area contributed by atoms with Gasteiger partial charge >= 0.3 is 41.5 Å². The van der Waals surface area contributed by atoms with E-state index in [2.05, 4.69) is 29.7 Å². The minimum absolute atomic E-state index is 0. The fourth-order valence-electron chi connectivity index (χ4n) is 3.47. The first kappa shape index (κ1) is 38.3. The van der Waals surface area contributed by atoms with Crippen molar-refractivity contribution in [2.24, 2.45) is 0 Å². The van der Waals surface area contributed by atoms with Gasteiger partial charge in [0.2, 0.25) is 0 Å². The molecule has 0 saturated carbocycles. The van der Waals surface area contributed by atoms with Gasteiger partial charge in [-0.2, -0.15) is 0 Å². The Bertz CT molecular complexity index is 1670. The topological polar surface area (TPSA) is 206 Å². The number of fused-ring (bicyclic) bond motifs is 1. The van der Waals surface area contributed by atoms with Crippen molar-refractivity contribution in [2.45, 2.75) is 20.3 Å². The molecular formula is C31H33N6NaO7. The number of pyridine rings is 5. The molecule has 4 N–H and O–H groups in total. The van der Waals surface area contributed by atoms with Crippen molar-refractivity contribution >= 4 is 28.8 Å². The number of aromatic nitrogens is 5. The van der Waals surface area contributed by atoms with E-state index in [9.17, 15) is 19.5 Å². The van der Waals surface area contributed by atoms with Crippen molar-refractivity contribution in [2.75, 3.05) is 26.1 Å². The van der Waals surface area contributed by atoms with Crippen LogP contribution in [-0.2, 0) is 20.7 Å². The van der Waals surface area contributed by atoms with Crippen molar-refractivity contribution < 1.29 is 58.8 Å².